The molecule has 4 rings (SSSR count). The van der Waals surface area contributed by atoms with Crippen molar-refractivity contribution in [2.75, 3.05) is 13.6 Å². The van der Waals surface area contributed by atoms with Gasteiger partial charge in [-0.2, -0.15) is 5.10 Å². The fraction of sp³-hybridized carbons (Fsp3) is 0.300. The van der Waals surface area contributed by atoms with Crippen LogP contribution < -0.4 is 0 Å². The third kappa shape index (κ3) is 3.27. The molecule has 2 aliphatic rings. The Hall–Kier alpha value is -2.33. The first kappa shape index (κ1) is 16.2. The van der Waals surface area contributed by atoms with E-state index in [0.29, 0.717) is 18.5 Å². The van der Waals surface area contributed by atoms with Gasteiger partial charge < -0.3 is 4.90 Å². The zero-order valence-electron chi connectivity index (χ0n) is 14.2. The summed E-state index contributed by atoms with van der Waals surface area (Å²) in [5.41, 5.74) is 3.28. The number of hydrogen-bond acceptors (Lipinski definition) is 2. The number of nitrogens with zero attached hydrogens (tertiary/aromatic N) is 3. The van der Waals surface area contributed by atoms with Crippen LogP contribution in [0.4, 0.5) is 0 Å². The highest BCUT2D eigenvalue weighted by atomic mass is 35.5. The zero-order valence-corrected chi connectivity index (χ0v) is 14.9. The van der Waals surface area contributed by atoms with Crippen LogP contribution in [-0.2, 0) is 0 Å². The van der Waals surface area contributed by atoms with Crippen molar-refractivity contribution in [2.24, 2.45) is 5.10 Å². The third-order valence-electron chi connectivity index (χ3n) is 4.93. The van der Waals surface area contributed by atoms with E-state index in [4.69, 9.17) is 22.1 Å². The van der Waals surface area contributed by atoms with Gasteiger partial charge in [0.15, 0.2) is 0 Å². The second-order valence-electron chi connectivity index (χ2n) is 6.70. The summed E-state index contributed by atoms with van der Waals surface area (Å²) in [7, 11) is 1.99. The van der Waals surface area contributed by atoms with E-state index in [-0.39, 0.29) is 5.92 Å². The number of benzene rings is 2. The molecule has 2 aromatic rings. The van der Waals surface area contributed by atoms with Crippen LogP contribution in [0.25, 0.3) is 0 Å². The van der Waals surface area contributed by atoms with E-state index in [9.17, 15) is 0 Å². The van der Waals surface area contributed by atoms with Gasteiger partial charge in [-0.25, -0.2) is 5.01 Å². The average Bonchev–Trinajstić information content (AvgIpc) is 3.40. The van der Waals surface area contributed by atoms with E-state index in [1.165, 1.54) is 18.4 Å². The highest BCUT2D eigenvalue weighted by Gasteiger charge is 2.35. The van der Waals surface area contributed by atoms with Gasteiger partial charge >= 0.3 is 0 Å². The number of halogens is 1. The topological polar surface area (TPSA) is 42.7 Å². The van der Waals surface area contributed by atoms with E-state index in [0.717, 1.165) is 16.3 Å². The van der Waals surface area contributed by atoms with E-state index < -0.39 is 0 Å². The van der Waals surface area contributed by atoms with Crippen LogP contribution in [0.15, 0.2) is 59.7 Å². The Morgan fingerprint density at radius 1 is 1.12 bits per heavy atom. The molecule has 5 heteroatoms. The van der Waals surface area contributed by atoms with Crippen LogP contribution in [0.5, 0.6) is 0 Å². The molecule has 0 aromatic heterocycles. The lowest BCUT2D eigenvalue weighted by molar-refractivity contribution is 0.363. The Morgan fingerprint density at radius 2 is 1.80 bits per heavy atom. The van der Waals surface area contributed by atoms with Crippen LogP contribution in [0, 0.1) is 5.41 Å². The number of hydrogen-bond donors (Lipinski definition) is 1. The van der Waals surface area contributed by atoms with Gasteiger partial charge in [0.05, 0.1) is 12.3 Å². The van der Waals surface area contributed by atoms with E-state index >= 15 is 0 Å². The molecule has 4 nitrogen and oxygen atoms in total. The lowest BCUT2D eigenvalue weighted by Gasteiger charge is -2.25. The van der Waals surface area contributed by atoms with Gasteiger partial charge in [-0.1, -0.05) is 54.1 Å². The van der Waals surface area contributed by atoms with Gasteiger partial charge in [0.1, 0.15) is 0 Å². The smallest absolute Gasteiger partial charge is 0.214 e. The van der Waals surface area contributed by atoms with Crippen molar-refractivity contribution in [1.29, 1.82) is 5.41 Å². The summed E-state index contributed by atoms with van der Waals surface area (Å²) in [6.45, 7) is 0.692. The largest absolute Gasteiger partial charge is 0.342 e. The maximum atomic E-state index is 8.53. The lowest BCUT2D eigenvalue weighted by Crippen LogP contribution is -2.39. The summed E-state index contributed by atoms with van der Waals surface area (Å²) in [6, 6.07) is 18.7. The average molecular weight is 353 g/mol. The second kappa shape index (κ2) is 6.52. The maximum Gasteiger partial charge on any atom is 0.214 e. The molecule has 1 aliphatic carbocycles. The molecule has 0 spiro atoms. The van der Waals surface area contributed by atoms with Crippen LogP contribution in [-0.4, -0.2) is 41.2 Å². The molecule has 1 aliphatic heterocycles. The molecule has 0 amide bonds. The van der Waals surface area contributed by atoms with Crippen molar-refractivity contribution in [3.63, 3.8) is 0 Å². The molecule has 0 bridgehead atoms. The quantitative estimate of drug-likeness (QED) is 0.665. The molecule has 0 saturated heterocycles. The molecule has 0 radical (unpaired) electrons. The Morgan fingerprint density at radius 3 is 2.44 bits per heavy atom. The number of nitrogens with one attached hydrogen (secondary N) is 1. The summed E-state index contributed by atoms with van der Waals surface area (Å²) in [4.78, 5) is 2.04. The standard InChI is InChI=1S/C20H21ClN4/c1-24(17-11-12-17)20(22)25-13-18(14-5-3-2-4-6-14)19(23-25)15-7-9-16(21)10-8-15/h2-10,17-18,22H,11-13H2,1H3. The van der Waals surface area contributed by atoms with Gasteiger partial charge in [-0.05, 0) is 36.1 Å². The fourth-order valence-electron chi connectivity index (χ4n) is 3.28. The van der Waals surface area contributed by atoms with Crippen molar-refractivity contribution in [2.45, 2.75) is 24.8 Å². The minimum atomic E-state index is 0.148. The van der Waals surface area contributed by atoms with Crippen LogP contribution >= 0.6 is 11.6 Å². The van der Waals surface area contributed by atoms with Crippen molar-refractivity contribution in [3.05, 3.63) is 70.7 Å². The van der Waals surface area contributed by atoms with Gasteiger partial charge in [-0.15, -0.1) is 0 Å². The van der Waals surface area contributed by atoms with Gasteiger partial charge in [0.2, 0.25) is 5.96 Å². The van der Waals surface area contributed by atoms with Crippen LogP contribution in [0.3, 0.4) is 0 Å². The Bertz CT molecular complexity index is 796. The zero-order chi connectivity index (χ0) is 17.4. The van der Waals surface area contributed by atoms with Crippen molar-refractivity contribution >= 4 is 23.3 Å². The molecule has 1 N–H and O–H groups in total. The highest BCUT2D eigenvalue weighted by Crippen LogP contribution is 2.31. The number of hydrazone groups is 1. The van der Waals surface area contributed by atoms with Crippen molar-refractivity contribution in [1.82, 2.24) is 9.91 Å². The normalized spacial score (nSPS) is 19.7. The van der Waals surface area contributed by atoms with Crippen molar-refractivity contribution in [3.8, 4) is 0 Å². The molecule has 1 saturated carbocycles. The molecule has 128 valence electrons. The summed E-state index contributed by atoms with van der Waals surface area (Å²) in [5.74, 6) is 0.628. The summed E-state index contributed by atoms with van der Waals surface area (Å²) >= 11 is 6.04. The molecule has 1 atom stereocenters. The monoisotopic (exact) mass is 352 g/mol. The third-order valence-corrected chi connectivity index (χ3v) is 5.18. The van der Waals surface area contributed by atoms with Crippen LogP contribution in [0.2, 0.25) is 5.02 Å². The molecule has 1 unspecified atom stereocenters. The Kier molecular flexibility index (Phi) is 4.22. The Balaban J connectivity index is 1.67. The molecule has 1 fully saturated rings. The minimum Gasteiger partial charge on any atom is -0.342 e. The highest BCUT2D eigenvalue weighted by molar-refractivity contribution is 6.30. The lowest BCUT2D eigenvalue weighted by atomic mass is 9.91. The predicted octanol–water partition coefficient (Wildman–Crippen LogP) is 4.17. The van der Waals surface area contributed by atoms with E-state index in [1.807, 2.05) is 47.3 Å². The van der Waals surface area contributed by atoms with E-state index in [1.54, 1.807) is 0 Å². The van der Waals surface area contributed by atoms with Crippen LogP contribution in [0.1, 0.15) is 29.9 Å². The first-order valence-corrected chi connectivity index (χ1v) is 8.99. The fourth-order valence-corrected chi connectivity index (χ4v) is 3.40. The van der Waals surface area contributed by atoms with Gasteiger partial charge in [-0.3, -0.25) is 5.41 Å². The summed E-state index contributed by atoms with van der Waals surface area (Å²) in [6.07, 6.45) is 2.34. The van der Waals surface area contributed by atoms with Gasteiger partial charge in [0, 0.05) is 24.0 Å². The summed E-state index contributed by atoms with van der Waals surface area (Å²) < 4.78 is 0. The SMILES string of the molecule is CN(C(=N)N1CC(c2ccccc2)C(c2ccc(Cl)cc2)=N1)C1CC1. The number of guanidine groups is 1. The second-order valence-corrected chi connectivity index (χ2v) is 7.14. The van der Waals surface area contributed by atoms with E-state index in [2.05, 4.69) is 24.3 Å². The first-order chi connectivity index (χ1) is 12.1. The summed E-state index contributed by atoms with van der Waals surface area (Å²) in [5, 5.41) is 15.9. The molecule has 1 heterocycles. The molecular formula is C20H21ClN4. The number of rotatable bonds is 3. The maximum absolute atomic E-state index is 8.53. The first-order valence-electron chi connectivity index (χ1n) is 8.62. The van der Waals surface area contributed by atoms with Crippen molar-refractivity contribution < 1.29 is 0 Å². The predicted molar refractivity (Wildman–Crippen MR) is 102 cm³/mol. The van der Waals surface area contributed by atoms with Gasteiger partial charge in [0.25, 0.3) is 0 Å². The molecule has 25 heavy (non-hydrogen) atoms. The molecular weight excluding hydrogens is 332 g/mol. The molecule has 2 aromatic carbocycles. The minimum absolute atomic E-state index is 0.148. The Labute approximate surface area is 153 Å².